The Morgan fingerprint density at radius 3 is 2.88 bits per heavy atom. The maximum atomic E-state index is 12.3. The number of nitrogens with zero attached hydrogens (tertiary/aromatic N) is 2. The molecule has 126 valence electrons. The minimum absolute atomic E-state index is 0.0605. The highest BCUT2D eigenvalue weighted by atomic mass is 16.2. The van der Waals surface area contributed by atoms with E-state index in [4.69, 9.17) is 0 Å². The topological polar surface area (TPSA) is 64.0 Å². The van der Waals surface area contributed by atoms with Gasteiger partial charge in [0.1, 0.15) is 6.54 Å². The van der Waals surface area contributed by atoms with Crippen LogP contribution in [-0.4, -0.2) is 15.7 Å². The molecule has 1 aliphatic carbocycles. The smallest absolute Gasteiger partial charge is 0.267 e. The summed E-state index contributed by atoms with van der Waals surface area (Å²) in [6.45, 7) is 6.09. The monoisotopic (exact) mass is 325 g/mol. The van der Waals surface area contributed by atoms with E-state index in [1.165, 1.54) is 4.68 Å². The summed E-state index contributed by atoms with van der Waals surface area (Å²) in [6.07, 6.45) is 2.84. The van der Waals surface area contributed by atoms with Crippen molar-refractivity contribution < 1.29 is 4.79 Å². The Hall–Kier alpha value is -2.43. The molecule has 3 rings (SSSR count). The fourth-order valence-corrected chi connectivity index (χ4v) is 3.21. The average molecular weight is 325 g/mol. The third-order valence-electron chi connectivity index (χ3n) is 4.56. The number of aromatic nitrogens is 2. The van der Waals surface area contributed by atoms with Gasteiger partial charge in [-0.05, 0) is 56.2 Å². The molecular weight excluding hydrogens is 302 g/mol. The van der Waals surface area contributed by atoms with E-state index in [0.717, 1.165) is 47.3 Å². The van der Waals surface area contributed by atoms with E-state index in [9.17, 15) is 9.59 Å². The van der Waals surface area contributed by atoms with Crippen LogP contribution in [0.5, 0.6) is 0 Å². The van der Waals surface area contributed by atoms with Gasteiger partial charge in [-0.3, -0.25) is 9.59 Å². The number of anilines is 1. The summed E-state index contributed by atoms with van der Waals surface area (Å²) in [5.41, 5.74) is 4.69. The first-order valence-electron chi connectivity index (χ1n) is 8.39. The number of fused-ring (bicyclic) bond motifs is 1. The SMILES string of the molecule is Cc1ccc(NC(=O)Cn2nc3c(cc2=O)C[C@@H](C)CC3)c(C)c1. The van der Waals surface area contributed by atoms with Gasteiger partial charge in [0.05, 0.1) is 5.69 Å². The number of rotatable bonds is 3. The first kappa shape index (κ1) is 16.4. The van der Waals surface area contributed by atoms with Crippen molar-refractivity contribution in [3.05, 3.63) is 57.0 Å². The summed E-state index contributed by atoms with van der Waals surface area (Å²) in [5, 5.41) is 7.27. The van der Waals surface area contributed by atoms with Crippen LogP contribution in [0, 0.1) is 19.8 Å². The molecule has 1 amide bonds. The predicted molar refractivity (Wildman–Crippen MR) is 94.2 cm³/mol. The molecular formula is C19H23N3O2. The fourth-order valence-electron chi connectivity index (χ4n) is 3.21. The largest absolute Gasteiger partial charge is 0.324 e. The average Bonchev–Trinajstić information content (AvgIpc) is 2.51. The van der Waals surface area contributed by atoms with Gasteiger partial charge in [0.25, 0.3) is 5.56 Å². The molecule has 2 aromatic rings. The zero-order valence-electron chi connectivity index (χ0n) is 14.4. The van der Waals surface area contributed by atoms with Crippen molar-refractivity contribution in [2.45, 2.75) is 46.6 Å². The van der Waals surface area contributed by atoms with Crippen molar-refractivity contribution >= 4 is 11.6 Å². The first-order valence-corrected chi connectivity index (χ1v) is 8.39. The van der Waals surface area contributed by atoms with Crippen LogP contribution in [0.4, 0.5) is 5.69 Å². The second-order valence-electron chi connectivity index (χ2n) is 6.83. The lowest BCUT2D eigenvalue weighted by Crippen LogP contribution is -2.32. The van der Waals surface area contributed by atoms with Gasteiger partial charge in [-0.2, -0.15) is 5.10 Å². The molecule has 5 nitrogen and oxygen atoms in total. The maximum absolute atomic E-state index is 12.3. The quantitative estimate of drug-likeness (QED) is 0.943. The van der Waals surface area contributed by atoms with Crippen molar-refractivity contribution in [2.24, 2.45) is 5.92 Å². The van der Waals surface area contributed by atoms with Gasteiger partial charge in [-0.15, -0.1) is 0 Å². The Morgan fingerprint density at radius 1 is 1.33 bits per heavy atom. The fraction of sp³-hybridized carbons (Fsp3) is 0.421. The Morgan fingerprint density at radius 2 is 2.12 bits per heavy atom. The maximum Gasteiger partial charge on any atom is 0.267 e. The lowest BCUT2D eigenvalue weighted by Gasteiger charge is -2.20. The van der Waals surface area contributed by atoms with Gasteiger partial charge in [0, 0.05) is 11.8 Å². The summed E-state index contributed by atoms with van der Waals surface area (Å²) in [5.74, 6) is 0.350. The Kier molecular flexibility index (Phi) is 4.51. The first-order chi connectivity index (χ1) is 11.4. The lowest BCUT2D eigenvalue weighted by atomic mass is 9.88. The minimum atomic E-state index is -0.235. The molecule has 1 aliphatic rings. The third kappa shape index (κ3) is 3.55. The van der Waals surface area contributed by atoms with Crippen molar-refractivity contribution in [3.63, 3.8) is 0 Å². The number of hydrogen-bond acceptors (Lipinski definition) is 3. The van der Waals surface area contributed by atoms with Crippen molar-refractivity contribution in [2.75, 3.05) is 5.32 Å². The number of amides is 1. The van der Waals surface area contributed by atoms with Gasteiger partial charge < -0.3 is 5.32 Å². The second-order valence-corrected chi connectivity index (χ2v) is 6.83. The number of hydrogen-bond donors (Lipinski definition) is 1. The number of aryl methyl sites for hydroxylation is 3. The highest BCUT2D eigenvalue weighted by molar-refractivity contribution is 5.91. The van der Waals surface area contributed by atoms with E-state index in [1.54, 1.807) is 6.07 Å². The molecule has 0 aliphatic heterocycles. The van der Waals surface area contributed by atoms with Gasteiger partial charge in [0.2, 0.25) is 5.91 Å². The molecule has 1 N–H and O–H groups in total. The van der Waals surface area contributed by atoms with Gasteiger partial charge in [0.15, 0.2) is 0 Å². The highest BCUT2D eigenvalue weighted by Gasteiger charge is 2.19. The van der Waals surface area contributed by atoms with Crippen LogP contribution in [0.15, 0.2) is 29.1 Å². The van der Waals surface area contributed by atoms with Crippen molar-refractivity contribution in [1.82, 2.24) is 9.78 Å². The van der Waals surface area contributed by atoms with Crippen LogP contribution in [0.1, 0.15) is 35.7 Å². The van der Waals surface area contributed by atoms with Crippen LogP contribution in [0.3, 0.4) is 0 Å². The second kappa shape index (κ2) is 6.59. The summed E-state index contributed by atoms with van der Waals surface area (Å²) in [4.78, 5) is 24.5. The van der Waals surface area contributed by atoms with Crippen LogP contribution < -0.4 is 10.9 Å². The normalized spacial score (nSPS) is 16.5. The molecule has 0 spiro atoms. The Balaban J connectivity index is 1.76. The Labute approximate surface area is 141 Å². The molecule has 1 aromatic carbocycles. The van der Waals surface area contributed by atoms with E-state index in [-0.39, 0.29) is 18.0 Å². The number of carbonyl (C=O) groups excluding carboxylic acids is 1. The summed E-state index contributed by atoms with van der Waals surface area (Å²) >= 11 is 0. The van der Waals surface area contributed by atoms with E-state index >= 15 is 0 Å². The number of benzene rings is 1. The summed E-state index contributed by atoms with van der Waals surface area (Å²) < 4.78 is 1.27. The highest BCUT2D eigenvalue weighted by Crippen LogP contribution is 2.22. The van der Waals surface area contributed by atoms with Gasteiger partial charge in [-0.25, -0.2) is 4.68 Å². The van der Waals surface area contributed by atoms with E-state index in [2.05, 4.69) is 17.3 Å². The van der Waals surface area contributed by atoms with Crippen LogP contribution in [-0.2, 0) is 24.2 Å². The van der Waals surface area contributed by atoms with Crippen LogP contribution in [0.2, 0.25) is 0 Å². The zero-order chi connectivity index (χ0) is 17.3. The standard InChI is InChI=1S/C19H23N3O2/c1-12-4-6-16(14(3)8-12)20-18(23)11-22-19(24)10-15-9-13(2)5-7-17(15)21-22/h4,6,8,10,13H,5,7,9,11H2,1-3H3,(H,20,23)/t13-/m0/s1. The van der Waals surface area contributed by atoms with Crippen molar-refractivity contribution in [3.8, 4) is 0 Å². The summed E-state index contributed by atoms with van der Waals surface area (Å²) in [6, 6.07) is 7.49. The molecule has 1 aromatic heterocycles. The summed E-state index contributed by atoms with van der Waals surface area (Å²) in [7, 11) is 0. The molecule has 0 saturated carbocycles. The Bertz CT molecular complexity index is 839. The molecule has 1 atom stereocenters. The molecule has 0 radical (unpaired) electrons. The van der Waals surface area contributed by atoms with Crippen LogP contribution in [0.25, 0.3) is 0 Å². The zero-order valence-corrected chi connectivity index (χ0v) is 14.4. The minimum Gasteiger partial charge on any atom is -0.324 e. The van der Waals surface area contributed by atoms with E-state index in [1.807, 2.05) is 32.0 Å². The molecule has 0 fully saturated rings. The van der Waals surface area contributed by atoms with Gasteiger partial charge >= 0.3 is 0 Å². The number of nitrogens with one attached hydrogen (secondary N) is 1. The molecule has 0 saturated heterocycles. The van der Waals surface area contributed by atoms with Gasteiger partial charge in [-0.1, -0.05) is 24.6 Å². The molecule has 24 heavy (non-hydrogen) atoms. The molecule has 1 heterocycles. The predicted octanol–water partition coefficient (Wildman–Crippen LogP) is 2.62. The van der Waals surface area contributed by atoms with Crippen molar-refractivity contribution in [1.29, 1.82) is 0 Å². The molecule has 0 bridgehead atoms. The molecule has 5 heteroatoms. The van der Waals surface area contributed by atoms with E-state index in [0.29, 0.717) is 5.92 Å². The number of carbonyl (C=O) groups is 1. The van der Waals surface area contributed by atoms with E-state index < -0.39 is 0 Å². The third-order valence-corrected chi connectivity index (χ3v) is 4.56. The molecule has 0 unspecified atom stereocenters. The van der Waals surface area contributed by atoms with Crippen LogP contribution >= 0.6 is 0 Å². The lowest BCUT2D eigenvalue weighted by molar-refractivity contribution is -0.117.